The molecule has 92 valence electrons. The summed E-state index contributed by atoms with van der Waals surface area (Å²) >= 11 is 5.24. The highest BCUT2D eigenvalue weighted by molar-refractivity contribution is 9.10. The van der Waals surface area contributed by atoms with Gasteiger partial charge in [-0.05, 0) is 36.3 Å². The molecule has 1 atom stereocenters. The molecule has 0 saturated carbocycles. The Morgan fingerprint density at radius 3 is 3.06 bits per heavy atom. The van der Waals surface area contributed by atoms with Crippen LogP contribution in [0.15, 0.2) is 28.7 Å². The van der Waals surface area contributed by atoms with Gasteiger partial charge in [-0.25, -0.2) is 0 Å². The summed E-state index contributed by atoms with van der Waals surface area (Å²) in [6.45, 7) is 0.690. The Labute approximate surface area is 115 Å². The largest absolute Gasteiger partial charge is 0.340 e. The SMILES string of the molecule is CN(Cc1cccc(Br)c1)C(=O)C1CCCS1. The fourth-order valence-electron chi connectivity index (χ4n) is 2.01. The minimum absolute atomic E-state index is 0.187. The summed E-state index contributed by atoms with van der Waals surface area (Å²) in [7, 11) is 1.89. The third kappa shape index (κ3) is 3.49. The first-order valence-electron chi connectivity index (χ1n) is 5.78. The zero-order chi connectivity index (χ0) is 12.3. The number of hydrogen-bond donors (Lipinski definition) is 0. The monoisotopic (exact) mass is 313 g/mol. The van der Waals surface area contributed by atoms with Gasteiger partial charge in [-0.15, -0.1) is 11.8 Å². The van der Waals surface area contributed by atoms with Crippen molar-refractivity contribution in [3.63, 3.8) is 0 Å². The first kappa shape index (κ1) is 13.0. The second-order valence-electron chi connectivity index (χ2n) is 4.33. The second-order valence-corrected chi connectivity index (χ2v) is 6.55. The summed E-state index contributed by atoms with van der Waals surface area (Å²) in [4.78, 5) is 14.0. The minimum Gasteiger partial charge on any atom is -0.340 e. The lowest BCUT2D eigenvalue weighted by Crippen LogP contribution is -2.33. The fourth-order valence-corrected chi connectivity index (χ4v) is 3.73. The molecule has 0 aromatic heterocycles. The van der Waals surface area contributed by atoms with Crippen molar-refractivity contribution in [1.29, 1.82) is 0 Å². The van der Waals surface area contributed by atoms with Crippen molar-refractivity contribution in [2.24, 2.45) is 0 Å². The number of amides is 1. The van der Waals surface area contributed by atoms with E-state index in [1.807, 2.05) is 24.1 Å². The predicted molar refractivity (Wildman–Crippen MR) is 76.1 cm³/mol. The van der Waals surface area contributed by atoms with Crippen molar-refractivity contribution < 1.29 is 4.79 Å². The lowest BCUT2D eigenvalue weighted by molar-refractivity contribution is -0.129. The number of halogens is 1. The molecule has 1 saturated heterocycles. The van der Waals surface area contributed by atoms with Gasteiger partial charge < -0.3 is 4.90 Å². The summed E-state index contributed by atoms with van der Waals surface area (Å²) in [6.07, 6.45) is 2.21. The van der Waals surface area contributed by atoms with Crippen LogP contribution in [-0.4, -0.2) is 28.9 Å². The van der Waals surface area contributed by atoms with Crippen molar-refractivity contribution in [2.75, 3.05) is 12.8 Å². The van der Waals surface area contributed by atoms with E-state index in [4.69, 9.17) is 0 Å². The van der Waals surface area contributed by atoms with Crippen molar-refractivity contribution in [1.82, 2.24) is 4.90 Å². The van der Waals surface area contributed by atoms with Crippen LogP contribution in [0.2, 0.25) is 0 Å². The maximum absolute atomic E-state index is 12.1. The van der Waals surface area contributed by atoms with Gasteiger partial charge in [-0.1, -0.05) is 28.1 Å². The van der Waals surface area contributed by atoms with Gasteiger partial charge >= 0.3 is 0 Å². The maximum Gasteiger partial charge on any atom is 0.235 e. The highest BCUT2D eigenvalue weighted by atomic mass is 79.9. The van der Waals surface area contributed by atoms with E-state index in [1.165, 1.54) is 12.0 Å². The molecule has 1 unspecified atom stereocenters. The molecule has 2 rings (SSSR count). The van der Waals surface area contributed by atoms with Crippen LogP contribution in [0.4, 0.5) is 0 Å². The van der Waals surface area contributed by atoms with Crippen LogP contribution >= 0.6 is 27.7 Å². The molecule has 2 nitrogen and oxygen atoms in total. The quantitative estimate of drug-likeness (QED) is 0.853. The minimum atomic E-state index is 0.187. The molecule has 1 fully saturated rings. The van der Waals surface area contributed by atoms with Crippen molar-refractivity contribution >= 4 is 33.6 Å². The van der Waals surface area contributed by atoms with Crippen LogP contribution in [0.1, 0.15) is 18.4 Å². The Morgan fingerprint density at radius 1 is 1.59 bits per heavy atom. The Hall–Kier alpha value is -0.480. The molecule has 1 aromatic rings. The Balaban J connectivity index is 1.96. The first-order valence-corrected chi connectivity index (χ1v) is 7.62. The van der Waals surface area contributed by atoms with Crippen LogP contribution in [0.5, 0.6) is 0 Å². The molecule has 4 heteroatoms. The highest BCUT2D eigenvalue weighted by Crippen LogP contribution is 2.27. The van der Waals surface area contributed by atoms with Gasteiger partial charge in [0, 0.05) is 18.1 Å². The number of nitrogens with zero attached hydrogens (tertiary/aromatic N) is 1. The van der Waals surface area contributed by atoms with Crippen LogP contribution in [0.3, 0.4) is 0 Å². The molecule has 0 spiro atoms. The number of rotatable bonds is 3. The standard InChI is InChI=1S/C13H16BrNOS/c1-15(13(16)12-6-3-7-17-12)9-10-4-2-5-11(14)8-10/h2,4-5,8,12H,3,6-7,9H2,1H3. The molecule has 0 radical (unpaired) electrons. The lowest BCUT2D eigenvalue weighted by Gasteiger charge is -2.20. The van der Waals surface area contributed by atoms with E-state index in [0.717, 1.165) is 16.6 Å². The molecule has 1 amide bonds. The first-order chi connectivity index (χ1) is 8.16. The second kappa shape index (κ2) is 5.91. The molecule has 17 heavy (non-hydrogen) atoms. The zero-order valence-corrected chi connectivity index (χ0v) is 12.3. The molecule has 1 heterocycles. The van der Waals surface area contributed by atoms with E-state index in [1.54, 1.807) is 11.8 Å². The molecular formula is C13H16BrNOS. The zero-order valence-electron chi connectivity index (χ0n) is 9.86. The number of carbonyl (C=O) groups excluding carboxylic acids is 1. The maximum atomic E-state index is 12.1. The summed E-state index contributed by atoms with van der Waals surface area (Å²) in [6, 6.07) is 8.11. The molecule has 0 N–H and O–H groups in total. The number of thioether (sulfide) groups is 1. The summed E-state index contributed by atoms with van der Waals surface area (Å²) in [5, 5.41) is 0.187. The molecule has 1 aliphatic heterocycles. The van der Waals surface area contributed by atoms with E-state index in [2.05, 4.69) is 28.1 Å². The number of hydrogen-bond acceptors (Lipinski definition) is 2. The average molecular weight is 314 g/mol. The highest BCUT2D eigenvalue weighted by Gasteiger charge is 2.25. The number of benzene rings is 1. The number of carbonyl (C=O) groups is 1. The molecule has 0 bridgehead atoms. The van der Waals surface area contributed by atoms with E-state index in [9.17, 15) is 4.79 Å². The van der Waals surface area contributed by atoms with Gasteiger partial charge in [-0.3, -0.25) is 4.79 Å². The van der Waals surface area contributed by atoms with Gasteiger partial charge in [0.15, 0.2) is 0 Å². The molecule has 0 aliphatic carbocycles. The van der Waals surface area contributed by atoms with E-state index in [0.29, 0.717) is 6.54 Å². The van der Waals surface area contributed by atoms with Gasteiger partial charge in [-0.2, -0.15) is 0 Å². The van der Waals surface area contributed by atoms with Crippen molar-refractivity contribution in [2.45, 2.75) is 24.6 Å². The van der Waals surface area contributed by atoms with Crippen LogP contribution in [0, 0.1) is 0 Å². The topological polar surface area (TPSA) is 20.3 Å². The van der Waals surface area contributed by atoms with Crippen LogP contribution < -0.4 is 0 Å². The lowest BCUT2D eigenvalue weighted by atomic mass is 10.2. The predicted octanol–water partition coefficient (Wildman–Crippen LogP) is 3.30. The summed E-state index contributed by atoms with van der Waals surface area (Å²) in [5.41, 5.74) is 1.17. The summed E-state index contributed by atoms with van der Waals surface area (Å²) in [5.74, 6) is 1.40. The fraction of sp³-hybridized carbons (Fsp3) is 0.462. The molecule has 1 aliphatic rings. The third-order valence-electron chi connectivity index (χ3n) is 2.89. The Bertz CT molecular complexity index is 404. The van der Waals surface area contributed by atoms with Crippen LogP contribution in [0.25, 0.3) is 0 Å². The molecular weight excluding hydrogens is 298 g/mol. The van der Waals surface area contributed by atoms with Gasteiger partial charge in [0.1, 0.15) is 0 Å². The van der Waals surface area contributed by atoms with Gasteiger partial charge in [0.25, 0.3) is 0 Å². The average Bonchev–Trinajstić information content (AvgIpc) is 2.81. The van der Waals surface area contributed by atoms with Gasteiger partial charge in [0.2, 0.25) is 5.91 Å². The van der Waals surface area contributed by atoms with Crippen LogP contribution in [-0.2, 0) is 11.3 Å². The van der Waals surface area contributed by atoms with Gasteiger partial charge in [0.05, 0.1) is 5.25 Å². The van der Waals surface area contributed by atoms with Crippen molar-refractivity contribution in [3.8, 4) is 0 Å². The Morgan fingerprint density at radius 2 is 2.41 bits per heavy atom. The smallest absolute Gasteiger partial charge is 0.235 e. The third-order valence-corrected chi connectivity index (χ3v) is 4.75. The van der Waals surface area contributed by atoms with E-state index >= 15 is 0 Å². The van der Waals surface area contributed by atoms with E-state index in [-0.39, 0.29) is 11.2 Å². The normalized spacial score (nSPS) is 19.3. The summed E-state index contributed by atoms with van der Waals surface area (Å²) < 4.78 is 1.06. The Kier molecular flexibility index (Phi) is 4.51. The van der Waals surface area contributed by atoms with Crippen molar-refractivity contribution in [3.05, 3.63) is 34.3 Å². The molecule has 1 aromatic carbocycles. The van der Waals surface area contributed by atoms with E-state index < -0.39 is 0 Å².